The third-order valence-electron chi connectivity index (χ3n) is 2.71. The van der Waals surface area contributed by atoms with Gasteiger partial charge in [-0.3, -0.25) is 0 Å². The van der Waals surface area contributed by atoms with Crippen LogP contribution in [0.2, 0.25) is 0 Å². The van der Waals surface area contributed by atoms with Gasteiger partial charge in [0.1, 0.15) is 0 Å². The largest absolute Gasteiger partial charge is 0.380 e. The predicted molar refractivity (Wildman–Crippen MR) is 43.4 cm³/mol. The van der Waals surface area contributed by atoms with E-state index in [-0.39, 0.29) is 5.54 Å². The molecule has 3 heteroatoms. The molecule has 2 atom stereocenters. The average Bonchev–Trinajstić information content (AvgIpc) is 2.34. The van der Waals surface area contributed by atoms with Crippen molar-refractivity contribution in [1.82, 2.24) is 5.32 Å². The van der Waals surface area contributed by atoms with Crippen LogP contribution in [-0.2, 0) is 4.74 Å². The average molecular weight is 156 g/mol. The Kier molecular flexibility index (Phi) is 1.87. The van der Waals surface area contributed by atoms with Crippen molar-refractivity contribution >= 4 is 0 Å². The summed E-state index contributed by atoms with van der Waals surface area (Å²) < 4.78 is 5.44. The summed E-state index contributed by atoms with van der Waals surface area (Å²) in [5.41, 5.74) is 6.07. The van der Waals surface area contributed by atoms with E-state index in [0.29, 0.717) is 6.04 Å². The number of ether oxygens (including phenoxy) is 1. The number of nitrogens with one attached hydrogen (secondary N) is 1. The van der Waals surface area contributed by atoms with Crippen LogP contribution in [0, 0.1) is 0 Å². The van der Waals surface area contributed by atoms with Gasteiger partial charge in [-0.05, 0) is 19.3 Å². The normalized spacial score (nSPS) is 45.0. The Morgan fingerprint density at radius 3 is 3.00 bits per heavy atom. The van der Waals surface area contributed by atoms with E-state index in [4.69, 9.17) is 10.5 Å². The fourth-order valence-corrected chi connectivity index (χ4v) is 2.15. The summed E-state index contributed by atoms with van der Waals surface area (Å²) in [6.07, 6.45) is 3.51. The summed E-state index contributed by atoms with van der Waals surface area (Å²) >= 11 is 0. The molecule has 0 bridgehead atoms. The van der Waals surface area contributed by atoms with Crippen LogP contribution in [0.5, 0.6) is 0 Å². The van der Waals surface area contributed by atoms with Crippen LogP contribution in [0.1, 0.15) is 19.3 Å². The van der Waals surface area contributed by atoms with Gasteiger partial charge in [0.05, 0.1) is 6.61 Å². The Labute approximate surface area is 67.3 Å². The van der Waals surface area contributed by atoms with E-state index in [1.54, 1.807) is 0 Å². The topological polar surface area (TPSA) is 47.3 Å². The quantitative estimate of drug-likeness (QED) is 0.513. The molecule has 3 nitrogen and oxygen atoms in total. The van der Waals surface area contributed by atoms with Gasteiger partial charge >= 0.3 is 0 Å². The van der Waals surface area contributed by atoms with Crippen LogP contribution in [-0.4, -0.2) is 31.3 Å². The lowest BCUT2D eigenvalue weighted by molar-refractivity contribution is 0.0286. The first kappa shape index (κ1) is 7.53. The van der Waals surface area contributed by atoms with Gasteiger partial charge < -0.3 is 15.8 Å². The Morgan fingerprint density at radius 1 is 1.55 bits per heavy atom. The minimum Gasteiger partial charge on any atom is -0.380 e. The molecule has 2 fully saturated rings. The maximum Gasteiger partial charge on any atom is 0.0648 e. The van der Waals surface area contributed by atoms with E-state index in [1.165, 1.54) is 12.8 Å². The highest BCUT2D eigenvalue weighted by molar-refractivity contribution is 4.99. The molecule has 2 heterocycles. The molecule has 2 aliphatic rings. The lowest BCUT2D eigenvalue weighted by atomic mass is 9.90. The highest BCUT2D eigenvalue weighted by Gasteiger charge is 2.38. The molecule has 0 radical (unpaired) electrons. The molecule has 2 rings (SSSR count). The van der Waals surface area contributed by atoms with Crippen molar-refractivity contribution < 1.29 is 4.74 Å². The van der Waals surface area contributed by atoms with E-state index >= 15 is 0 Å². The van der Waals surface area contributed by atoms with Gasteiger partial charge in [0.15, 0.2) is 0 Å². The van der Waals surface area contributed by atoms with Gasteiger partial charge in [0.2, 0.25) is 0 Å². The van der Waals surface area contributed by atoms with Crippen molar-refractivity contribution in [3.8, 4) is 0 Å². The second-order valence-electron chi connectivity index (χ2n) is 3.78. The minimum atomic E-state index is 0.248. The molecule has 2 saturated heterocycles. The van der Waals surface area contributed by atoms with Crippen LogP contribution >= 0.6 is 0 Å². The molecule has 64 valence electrons. The van der Waals surface area contributed by atoms with Crippen molar-refractivity contribution in [1.29, 1.82) is 0 Å². The monoisotopic (exact) mass is 156 g/mol. The summed E-state index contributed by atoms with van der Waals surface area (Å²) in [7, 11) is 0. The summed E-state index contributed by atoms with van der Waals surface area (Å²) in [5, 5.41) is 3.47. The van der Waals surface area contributed by atoms with Gasteiger partial charge in [0, 0.05) is 24.7 Å². The molecule has 2 unspecified atom stereocenters. The summed E-state index contributed by atoms with van der Waals surface area (Å²) in [5.74, 6) is 0. The van der Waals surface area contributed by atoms with E-state index in [2.05, 4.69) is 5.32 Å². The van der Waals surface area contributed by atoms with Crippen LogP contribution in [0.4, 0.5) is 0 Å². The second kappa shape index (κ2) is 2.73. The second-order valence-corrected chi connectivity index (χ2v) is 3.78. The first-order valence-corrected chi connectivity index (χ1v) is 4.39. The smallest absolute Gasteiger partial charge is 0.0648 e. The molecule has 0 aliphatic carbocycles. The zero-order valence-electron chi connectivity index (χ0n) is 6.81. The van der Waals surface area contributed by atoms with Crippen LogP contribution in [0.25, 0.3) is 0 Å². The van der Waals surface area contributed by atoms with E-state index in [9.17, 15) is 0 Å². The highest BCUT2D eigenvalue weighted by atomic mass is 16.5. The fourth-order valence-electron chi connectivity index (χ4n) is 2.15. The number of rotatable bonds is 0. The molecular weight excluding hydrogens is 140 g/mol. The highest BCUT2D eigenvalue weighted by Crippen LogP contribution is 2.27. The molecule has 0 aromatic rings. The molecule has 0 aromatic heterocycles. The van der Waals surface area contributed by atoms with Gasteiger partial charge in [-0.25, -0.2) is 0 Å². The first-order valence-electron chi connectivity index (χ1n) is 4.39. The molecule has 3 N–H and O–H groups in total. The molecule has 2 aliphatic heterocycles. The number of hydrogen-bond donors (Lipinski definition) is 2. The van der Waals surface area contributed by atoms with Crippen LogP contribution < -0.4 is 11.1 Å². The maximum absolute atomic E-state index is 5.82. The lowest BCUT2D eigenvalue weighted by Gasteiger charge is -2.33. The van der Waals surface area contributed by atoms with Gasteiger partial charge in [-0.2, -0.15) is 0 Å². The lowest BCUT2D eigenvalue weighted by Crippen LogP contribution is -2.46. The van der Waals surface area contributed by atoms with Crippen molar-refractivity contribution in [2.75, 3.05) is 19.8 Å². The van der Waals surface area contributed by atoms with E-state index in [1.807, 2.05) is 0 Å². The molecule has 11 heavy (non-hydrogen) atoms. The standard InChI is InChI=1S/C8H16N2O/c9-7-4-8(10-5-7)2-1-3-11-6-8/h7,10H,1-6,9H2. The van der Waals surface area contributed by atoms with Gasteiger partial charge in [-0.15, -0.1) is 0 Å². The summed E-state index contributed by atoms with van der Waals surface area (Å²) in [6.45, 7) is 2.75. The third-order valence-corrected chi connectivity index (χ3v) is 2.71. The molecule has 1 spiro atoms. The molecule has 0 amide bonds. The summed E-state index contributed by atoms with van der Waals surface area (Å²) in [6, 6.07) is 0.344. The summed E-state index contributed by atoms with van der Waals surface area (Å²) in [4.78, 5) is 0. The number of hydrogen-bond acceptors (Lipinski definition) is 3. The fraction of sp³-hybridized carbons (Fsp3) is 1.00. The molecular formula is C8H16N2O. The third kappa shape index (κ3) is 1.41. The van der Waals surface area contributed by atoms with E-state index in [0.717, 1.165) is 26.2 Å². The maximum atomic E-state index is 5.82. The Hall–Kier alpha value is -0.120. The molecule has 0 aromatic carbocycles. The van der Waals surface area contributed by atoms with Crippen molar-refractivity contribution in [3.63, 3.8) is 0 Å². The molecule has 0 saturated carbocycles. The van der Waals surface area contributed by atoms with Crippen molar-refractivity contribution in [2.45, 2.75) is 30.8 Å². The Bertz CT molecular complexity index is 138. The van der Waals surface area contributed by atoms with E-state index < -0.39 is 0 Å². The number of nitrogens with two attached hydrogens (primary N) is 1. The van der Waals surface area contributed by atoms with Crippen LogP contribution in [0.15, 0.2) is 0 Å². The Morgan fingerprint density at radius 2 is 2.45 bits per heavy atom. The predicted octanol–water partition coefficient (Wildman–Crippen LogP) is -0.144. The zero-order valence-corrected chi connectivity index (χ0v) is 6.81. The van der Waals surface area contributed by atoms with Crippen molar-refractivity contribution in [3.05, 3.63) is 0 Å². The first-order chi connectivity index (χ1) is 5.31. The Balaban J connectivity index is 1.98. The minimum absolute atomic E-state index is 0.248. The van der Waals surface area contributed by atoms with Gasteiger partial charge in [-0.1, -0.05) is 0 Å². The van der Waals surface area contributed by atoms with Gasteiger partial charge in [0.25, 0.3) is 0 Å². The van der Waals surface area contributed by atoms with Crippen LogP contribution in [0.3, 0.4) is 0 Å². The van der Waals surface area contributed by atoms with Crippen molar-refractivity contribution in [2.24, 2.45) is 5.73 Å². The zero-order chi connectivity index (χ0) is 7.73. The SMILES string of the molecule is NC1CNC2(CCCOC2)C1.